The Morgan fingerprint density at radius 3 is 2.69 bits per heavy atom. The van der Waals surface area contributed by atoms with Gasteiger partial charge in [0.2, 0.25) is 5.91 Å². The third-order valence-electron chi connectivity index (χ3n) is 3.59. The number of hydrazine groups is 1. The van der Waals surface area contributed by atoms with E-state index in [0.29, 0.717) is 25.3 Å². The lowest BCUT2D eigenvalue weighted by molar-refractivity contribution is -0.384. The number of ether oxygens (including phenoxy) is 1. The van der Waals surface area contributed by atoms with Crippen LogP contribution < -0.4 is 10.9 Å². The lowest BCUT2D eigenvalue weighted by atomic mass is 10.2. The molecular formula is C16H21ClN4O5. The number of carbonyl (C=O) groups is 2. The van der Waals surface area contributed by atoms with Crippen molar-refractivity contribution in [1.29, 1.82) is 0 Å². The molecule has 1 aromatic rings. The van der Waals surface area contributed by atoms with Gasteiger partial charge in [-0.3, -0.25) is 35.5 Å². The van der Waals surface area contributed by atoms with E-state index in [-0.39, 0.29) is 30.4 Å². The van der Waals surface area contributed by atoms with Gasteiger partial charge in [-0.15, -0.1) is 12.4 Å². The summed E-state index contributed by atoms with van der Waals surface area (Å²) in [5, 5.41) is 10.7. The molecule has 1 aliphatic rings. The number of rotatable bonds is 6. The zero-order valence-corrected chi connectivity index (χ0v) is 14.9. The van der Waals surface area contributed by atoms with Crippen molar-refractivity contribution in [3.05, 3.63) is 46.0 Å². The van der Waals surface area contributed by atoms with Crippen LogP contribution in [0.3, 0.4) is 0 Å². The number of morpholine rings is 1. The van der Waals surface area contributed by atoms with Gasteiger partial charge in [-0.1, -0.05) is 12.1 Å². The molecule has 9 nitrogen and oxygen atoms in total. The van der Waals surface area contributed by atoms with Crippen LogP contribution in [-0.2, 0) is 14.3 Å². The molecular weight excluding hydrogens is 364 g/mol. The normalized spacial score (nSPS) is 14.5. The molecule has 2 rings (SSSR count). The Bertz CT molecular complexity index is 662. The third kappa shape index (κ3) is 7.60. The molecule has 1 heterocycles. The highest BCUT2D eigenvalue weighted by Crippen LogP contribution is 2.13. The molecule has 0 saturated carbocycles. The number of nitrogens with one attached hydrogen (secondary N) is 2. The quantitative estimate of drug-likeness (QED) is 0.428. The summed E-state index contributed by atoms with van der Waals surface area (Å²) in [6, 6.07) is 5.89. The van der Waals surface area contributed by atoms with E-state index in [0.717, 1.165) is 13.1 Å². The van der Waals surface area contributed by atoms with Gasteiger partial charge in [-0.2, -0.15) is 0 Å². The van der Waals surface area contributed by atoms with E-state index in [2.05, 4.69) is 15.8 Å². The second-order valence-electron chi connectivity index (χ2n) is 5.43. The molecule has 1 fully saturated rings. The average Bonchev–Trinajstić information content (AvgIpc) is 2.64. The number of nitro benzene ring substituents is 1. The number of nitro groups is 1. The molecule has 0 aromatic heterocycles. The van der Waals surface area contributed by atoms with Gasteiger partial charge in [0, 0.05) is 44.3 Å². The van der Waals surface area contributed by atoms with E-state index in [4.69, 9.17) is 4.74 Å². The summed E-state index contributed by atoms with van der Waals surface area (Å²) < 4.78 is 5.23. The summed E-state index contributed by atoms with van der Waals surface area (Å²) >= 11 is 0. The first-order chi connectivity index (χ1) is 12.0. The second kappa shape index (κ2) is 11.2. The fraction of sp³-hybridized carbons (Fsp3) is 0.375. The Labute approximate surface area is 156 Å². The van der Waals surface area contributed by atoms with Gasteiger partial charge in [0.15, 0.2) is 0 Å². The number of hydrogen-bond acceptors (Lipinski definition) is 6. The molecule has 1 aromatic carbocycles. The molecule has 1 saturated heterocycles. The molecule has 0 spiro atoms. The molecule has 142 valence electrons. The van der Waals surface area contributed by atoms with Crippen molar-refractivity contribution in [2.24, 2.45) is 0 Å². The van der Waals surface area contributed by atoms with E-state index >= 15 is 0 Å². The van der Waals surface area contributed by atoms with Crippen LogP contribution in [0.1, 0.15) is 12.0 Å². The van der Waals surface area contributed by atoms with E-state index in [1.165, 1.54) is 30.4 Å². The van der Waals surface area contributed by atoms with Crippen molar-refractivity contribution in [2.45, 2.75) is 6.42 Å². The Hall–Kier alpha value is -2.49. The van der Waals surface area contributed by atoms with Crippen molar-refractivity contribution < 1.29 is 19.2 Å². The highest BCUT2D eigenvalue weighted by atomic mass is 35.5. The van der Waals surface area contributed by atoms with Gasteiger partial charge >= 0.3 is 0 Å². The lowest BCUT2D eigenvalue weighted by Gasteiger charge is -2.26. The Morgan fingerprint density at radius 2 is 2.00 bits per heavy atom. The topological polar surface area (TPSA) is 114 Å². The van der Waals surface area contributed by atoms with Crippen molar-refractivity contribution in [3.63, 3.8) is 0 Å². The zero-order chi connectivity index (χ0) is 18.1. The monoisotopic (exact) mass is 384 g/mol. The minimum absolute atomic E-state index is 0. The number of hydrogen-bond donors (Lipinski definition) is 2. The molecule has 0 bridgehead atoms. The Morgan fingerprint density at radius 1 is 1.27 bits per heavy atom. The fourth-order valence-corrected chi connectivity index (χ4v) is 2.23. The van der Waals surface area contributed by atoms with Gasteiger partial charge in [0.05, 0.1) is 18.1 Å². The standard InChI is InChI=1S/C16H20N4O5.ClH/c21-15(5-4-13-2-1-3-14(12-13)20(23)24)17-18-16(22)6-7-19-8-10-25-11-9-19;/h1-5,12H,6-11H2,(H,17,21)(H,18,22);1H/b5-4+;. The fourth-order valence-electron chi connectivity index (χ4n) is 2.23. The first kappa shape index (κ1) is 21.6. The second-order valence-corrected chi connectivity index (χ2v) is 5.43. The maximum atomic E-state index is 11.7. The summed E-state index contributed by atoms with van der Waals surface area (Å²) in [5.74, 6) is -0.810. The molecule has 1 aliphatic heterocycles. The summed E-state index contributed by atoms with van der Waals surface area (Å²) in [7, 11) is 0. The summed E-state index contributed by atoms with van der Waals surface area (Å²) in [6.45, 7) is 3.54. The summed E-state index contributed by atoms with van der Waals surface area (Å²) in [6.07, 6.45) is 2.90. The number of non-ortho nitro benzene ring substituents is 1. The van der Waals surface area contributed by atoms with Crippen LogP contribution in [0.2, 0.25) is 0 Å². The number of amides is 2. The highest BCUT2D eigenvalue weighted by molar-refractivity contribution is 5.93. The molecule has 2 amide bonds. The SMILES string of the molecule is Cl.O=C(/C=C/c1cccc([N+](=O)[O-])c1)NNC(=O)CCN1CCOCC1. The molecule has 10 heteroatoms. The molecule has 0 unspecified atom stereocenters. The van der Waals surface area contributed by atoms with Crippen LogP contribution in [0.5, 0.6) is 0 Å². The number of carbonyl (C=O) groups excluding carboxylic acids is 2. The van der Waals surface area contributed by atoms with Crippen molar-refractivity contribution in [2.75, 3.05) is 32.8 Å². The first-order valence-corrected chi connectivity index (χ1v) is 7.86. The van der Waals surface area contributed by atoms with Gasteiger partial charge in [0.25, 0.3) is 11.6 Å². The highest BCUT2D eigenvalue weighted by Gasteiger charge is 2.12. The Balaban J connectivity index is 0.00000338. The van der Waals surface area contributed by atoms with Crippen LogP contribution >= 0.6 is 12.4 Å². The smallest absolute Gasteiger partial charge is 0.270 e. The van der Waals surface area contributed by atoms with Crippen molar-refractivity contribution in [3.8, 4) is 0 Å². The van der Waals surface area contributed by atoms with E-state index in [1.54, 1.807) is 6.07 Å². The molecule has 26 heavy (non-hydrogen) atoms. The maximum Gasteiger partial charge on any atom is 0.270 e. The van der Waals surface area contributed by atoms with Crippen molar-refractivity contribution >= 4 is 36.0 Å². The van der Waals surface area contributed by atoms with Gasteiger partial charge < -0.3 is 4.74 Å². The van der Waals surface area contributed by atoms with E-state index < -0.39 is 10.8 Å². The molecule has 0 radical (unpaired) electrons. The van der Waals surface area contributed by atoms with Crippen LogP contribution in [0.4, 0.5) is 5.69 Å². The Kier molecular flexibility index (Phi) is 9.27. The van der Waals surface area contributed by atoms with Crippen LogP contribution in [0.25, 0.3) is 6.08 Å². The predicted octanol–water partition coefficient (Wildman–Crippen LogP) is 0.899. The lowest BCUT2D eigenvalue weighted by Crippen LogP contribution is -2.43. The van der Waals surface area contributed by atoms with Gasteiger partial charge in [-0.05, 0) is 11.6 Å². The maximum absolute atomic E-state index is 11.7. The zero-order valence-electron chi connectivity index (χ0n) is 14.1. The number of nitrogens with zero attached hydrogens (tertiary/aromatic N) is 2. The predicted molar refractivity (Wildman–Crippen MR) is 97.5 cm³/mol. The minimum atomic E-state index is -0.522. The van der Waals surface area contributed by atoms with E-state index in [9.17, 15) is 19.7 Å². The van der Waals surface area contributed by atoms with Crippen LogP contribution in [0, 0.1) is 10.1 Å². The van der Waals surface area contributed by atoms with E-state index in [1.807, 2.05) is 0 Å². The summed E-state index contributed by atoms with van der Waals surface area (Å²) in [4.78, 5) is 35.7. The third-order valence-corrected chi connectivity index (χ3v) is 3.59. The average molecular weight is 385 g/mol. The molecule has 0 aliphatic carbocycles. The minimum Gasteiger partial charge on any atom is -0.379 e. The van der Waals surface area contributed by atoms with Crippen LogP contribution in [-0.4, -0.2) is 54.5 Å². The van der Waals surface area contributed by atoms with Gasteiger partial charge in [-0.25, -0.2) is 0 Å². The number of benzene rings is 1. The largest absolute Gasteiger partial charge is 0.379 e. The van der Waals surface area contributed by atoms with Gasteiger partial charge in [0.1, 0.15) is 0 Å². The first-order valence-electron chi connectivity index (χ1n) is 7.86. The molecule has 0 atom stereocenters. The number of halogens is 1. The van der Waals surface area contributed by atoms with Crippen LogP contribution in [0.15, 0.2) is 30.3 Å². The summed E-state index contributed by atoms with van der Waals surface area (Å²) in [5.41, 5.74) is 5.07. The van der Waals surface area contributed by atoms with Crippen molar-refractivity contribution in [1.82, 2.24) is 15.8 Å². The molecule has 2 N–H and O–H groups in total.